The molecule has 1 unspecified atom stereocenters. The number of rotatable bonds is 9. The van der Waals surface area contributed by atoms with Crippen LogP contribution in [0.1, 0.15) is 131 Å². The van der Waals surface area contributed by atoms with Gasteiger partial charge in [-0.3, -0.25) is 14.1 Å². The van der Waals surface area contributed by atoms with Gasteiger partial charge in [0.1, 0.15) is 0 Å². The highest BCUT2D eigenvalue weighted by Crippen LogP contribution is 2.68. The van der Waals surface area contributed by atoms with Gasteiger partial charge in [-0.1, -0.05) is 33.6 Å². The number of likely N-dealkylation sites (tertiary alicyclic amines) is 1. The number of carbonyl (C=O) groups is 2. The minimum Gasteiger partial charge on any atom is -0.415 e. The smallest absolute Gasteiger partial charge is 0.315 e. The number of quaternary nitrogens is 1. The van der Waals surface area contributed by atoms with E-state index in [1.807, 2.05) is 20.8 Å². The van der Waals surface area contributed by atoms with E-state index in [1.165, 1.54) is 77.0 Å². The van der Waals surface area contributed by atoms with Gasteiger partial charge in [0.25, 0.3) is 0 Å². The standard InChI is InChI=1S/C36H62N2O3/c1-26(12-17-32(39)37-21-24-38(22-9-10-23-38)25-41-33(40)34(2,3)4)29-15-16-30-28-14-13-27-11-7-8-19-35(27,5)31(28)18-20-36(29,30)6/h26-31H,7-25H2,1-6H3/p+1/t26-,27?,28+,29-,30+,31+,35+,36-/m1/s1. The number of ether oxygens (including phenoxy) is 1. The maximum atomic E-state index is 13.0. The summed E-state index contributed by atoms with van der Waals surface area (Å²) in [7, 11) is 0. The Balaban J connectivity index is 1.09. The van der Waals surface area contributed by atoms with E-state index in [-0.39, 0.29) is 11.9 Å². The molecular weight excluding hydrogens is 508 g/mol. The lowest BCUT2D eigenvalue weighted by Crippen LogP contribution is -2.53. The van der Waals surface area contributed by atoms with Gasteiger partial charge >= 0.3 is 5.97 Å². The molecule has 0 aromatic rings. The molecule has 0 spiro atoms. The molecule has 1 amide bonds. The first-order valence-electron chi connectivity index (χ1n) is 17.7. The van der Waals surface area contributed by atoms with Crippen LogP contribution in [0, 0.1) is 51.8 Å². The topological polar surface area (TPSA) is 55.4 Å². The van der Waals surface area contributed by atoms with Crippen LogP contribution < -0.4 is 5.32 Å². The molecule has 5 fully saturated rings. The summed E-state index contributed by atoms with van der Waals surface area (Å²) in [5, 5.41) is 3.24. The van der Waals surface area contributed by atoms with Crippen LogP contribution >= 0.6 is 0 Å². The number of esters is 1. The predicted octanol–water partition coefficient (Wildman–Crippen LogP) is 7.73. The normalized spacial score (nSPS) is 38.8. The molecule has 5 aliphatic rings. The zero-order valence-electron chi connectivity index (χ0n) is 27.6. The van der Waals surface area contributed by atoms with Crippen molar-refractivity contribution in [2.45, 2.75) is 131 Å². The number of carbonyl (C=O) groups excluding carboxylic acids is 2. The third kappa shape index (κ3) is 6.27. The molecule has 1 N–H and O–H groups in total. The summed E-state index contributed by atoms with van der Waals surface area (Å²) < 4.78 is 6.52. The second kappa shape index (κ2) is 12.1. The van der Waals surface area contributed by atoms with Crippen molar-refractivity contribution < 1.29 is 18.8 Å². The Kier molecular flexibility index (Phi) is 9.26. The molecule has 4 aliphatic carbocycles. The van der Waals surface area contributed by atoms with Crippen LogP contribution in [-0.4, -0.2) is 49.3 Å². The molecule has 0 aromatic carbocycles. The maximum absolute atomic E-state index is 13.0. The fourth-order valence-corrected chi connectivity index (χ4v) is 11.2. The Hall–Kier alpha value is -1.10. The fraction of sp³-hybridized carbons (Fsp3) is 0.944. The predicted molar refractivity (Wildman–Crippen MR) is 166 cm³/mol. The van der Waals surface area contributed by atoms with Crippen LogP contribution in [0.2, 0.25) is 0 Å². The van der Waals surface area contributed by atoms with Crippen LogP contribution in [0.3, 0.4) is 0 Å². The number of nitrogens with one attached hydrogen (secondary N) is 1. The molecule has 5 nitrogen and oxygen atoms in total. The van der Waals surface area contributed by atoms with E-state index < -0.39 is 5.41 Å². The number of nitrogens with zero attached hydrogens (tertiary/aromatic N) is 1. The van der Waals surface area contributed by atoms with Crippen molar-refractivity contribution in [3.05, 3.63) is 0 Å². The Morgan fingerprint density at radius 2 is 1.63 bits per heavy atom. The largest absolute Gasteiger partial charge is 0.415 e. The zero-order valence-corrected chi connectivity index (χ0v) is 27.6. The molecular formula is C36H63N2O3+. The summed E-state index contributed by atoms with van der Waals surface area (Å²) >= 11 is 0. The molecule has 234 valence electrons. The average molecular weight is 572 g/mol. The molecule has 0 radical (unpaired) electrons. The van der Waals surface area contributed by atoms with Crippen molar-refractivity contribution in [2.75, 3.05) is 32.9 Å². The Bertz CT molecular complexity index is 936. The van der Waals surface area contributed by atoms with Gasteiger partial charge in [-0.05, 0) is 125 Å². The highest BCUT2D eigenvalue weighted by atomic mass is 16.5. The van der Waals surface area contributed by atoms with Gasteiger partial charge in [0.15, 0.2) is 0 Å². The Morgan fingerprint density at radius 1 is 0.902 bits per heavy atom. The lowest BCUT2D eigenvalue weighted by Gasteiger charge is -2.61. The number of hydrogen-bond donors (Lipinski definition) is 1. The molecule has 0 bridgehead atoms. The molecule has 5 heteroatoms. The van der Waals surface area contributed by atoms with Crippen molar-refractivity contribution in [3.8, 4) is 0 Å². The monoisotopic (exact) mass is 571 g/mol. The molecule has 8 atom stereocenters. The lowest BCUT2D eigenvalue weighted by atomic mass is 9.44. The molecule has 1 aliphatic heterocycles. The van der Waals surface area contributed by atoms with Crippen molar-refractivity contribution in [2.24, 2.45) is 51.8 Å². The molecule has 41 heavy (non-hydrogen) atoms. The highest BCUT2D eigenvalue weighted by molar-refractivity contribution is 5.76. The van der Waals surface area contributed by atoms with Gasteiger partial charge in [-0.2, -0.15) is 0 Å². The van der Waals surface area contributed by atoms with Gasteiger partial charge in [0.2, 0.25) is 12.6 Å². The van der Waals surface area contributed by atoms with Crippen LogP contribution in [-0.2, 0) is 14.3 Å². The lowest BCUT2D eigenvalue weighted by molar-refractivity contribution is -0.931. The third-order valence-electron chi connectivity index (χ3n) is 13.7. The summed E-state index contributed by atoms with van der Waals surface area (Å²) in [5.74, 6) is 5.29. The van der Waals surface area contributed by atoms with E-state index in [2.05, 4.69) is 26.1 Å². The third-order valence-corrected chi connectivity index (χ3v) is 13.7. The van der Waals surface area contributed by atoms with Gasteiger partial charge in [-0.15, -0.1) is 0 Å². The van der Waals surface area contributed by atoms with Gasteiger partial charge in [0.05, 0.1) is 31.6 Å². The first-order valence-corrected chi connectivity index (χ1v) is 17.7. The quantitative estimate of drug-likeness (QED) is 0.228. The maximum Gasteiger partial charge on any atom is 0.315 e. The fourth-order valence-electron chi connectivity index (χ4n) is 11.2. The second-order valence-electron chi connectivity index (χ2n) is 17.0. The Labute approximate surface area is 251 Å². The highest BCUT2D eigenvalue weighted by Gasteiger charge is 2.60. The van der Waals surface area contributed by atoms with Crippen molar-refractivity contribution in [1.29, 1.82) is 0 Å². The summed E-state index contributed by atoms with van der Waals surface area (Å²) in [6.07, 6.45) is 18.6. The first-order chi connectivity index (χ1) is 19.4. The van der Waals surface area contributed by atoms with E-state index in [0.29, 0.717) is 36.4 Å². The van der Waals surface area contributed by atoms with Gasteiger partial charge < -0.3 is 10.1 Å². The number of hydrogen-bond acceptors (Lipinski definition) is 3. The van der Waals surface area contributed by atoms with E-state index in [4.69, 9.17) is 4.74 Å². The second-order valence-corrected chi connectivity index (χ2v) is 17.0. The van der Waals surface area contributed by atoms with E-state index in [1.54, 1.807) is 0 Å². The van der Waals surface area contributed by atoms with Crippen molar-refractivity contribution in [1.82, 2.24) is 5.32 Å². The summed E-state index contributed by atoms with van der Waals surface area (Å²) in [4.78, 5) is 25.3. The zero-order chi connectivity index (χ0) is 29.5. The average Bonchev–Trinajstić information content (AvgIpc) is 3.54. The summed E-state index contributed by atoms with van der Waals surface area (Å²) in [6, 6.07) is 0. The molecule has 1 saturated heterocycles. The summed E-state index contributed by atoms with van der Waals surface area (Å²) in [6.45, 7) is 17.5. The molecule has 0 aromatic heterocycles. The SMILES string of the molecule is C[C@H](CCC(=O)NCC[N+]1(COC(=O)C(C)(C)C)CCCC1)[C@H]1CC[C@H]2[C@@H]3CCC4CCCC[C@]4(C)[C@H]3CC[C@]12C. The first kappa shape index (κ1) is 31.3. The van der Waals surface area contributed by atoms with Crippen LogP contribution in [0.25, 0.3) is 0 Å². The van der Waals surface area contributed by atoms with Crippen molar-refractivity contribution in [3.63, 3.8) is 0 Å². The van der Waals surface area contributed by atoms with Gasteiger partial charge in [-0.25, -0.2) is 0 Å². The van der Waals surface area contributed by atoms with Crippen LogP contribution in [0.15, 0.2) is 0 Å². The van der Waals surface area contributed by atoms with Crippen molar-refractivity contribution >= 4 is 11.9 Å². The minimum absolute atomic E-state index is 0.132. The van der Waals surface area contributed by atoms with Crippen LogP contribution in [0.4, 0.5) is 0 Å². The molecule has 5 rings (SSSR count). The van der Waals surface area contributed by atoms with E-state index in [9.17, 15) is 9.59 Å². The van der Waals surface area contributed by atoms with E-state index >= 15 is 0 Å². The van der Waals surface area contributed by atoms with E-state index in [0.717, 1.165) is 60.1 Å². The molecule has 4 saturated carbocycles. The Morgan fingerprint density at radius 3 is 2.37 bits per heavy atom. The minimum atomic E-state index is -0.475. The number of fused-ring (bicyclic) bond motifs is 5. The van der Waals surface area contributed by atoms with Gasteiger partial charge in [0, 0.05) is 19.3 Å². The summed E-state index contributed by atoms with van der Waals surface area (Å²) in [5.41, 5.74) is 0.622. The van der Waals surface area contributed by atoms with Crippen LogP contribution in [0.5, 0.6) is 0 Å². The molecule has 1 heterocycles. The number of amides is 1.